The van der Waals surface area contributed by atoms with E-state index in [9.17, 15) is 27.6 Å². The molecule has 2 aromatic rings. The van der Waals surface area contributed by atoms with E-state index >= 15 is 0 Å². The number of pyridine rings is 1. The Morgan fingerprint density at radius 2 is 1.85 bits per heavy atom. The van der Waals surface area contributed by atoms with Gasteiger partial charge in [0.25, 0.3) is 5.91 Å². The molecule has 3 N–H and O–H groups in total. The van der Waals surface area contributed by atoms with Crippen molar-refractivity contribution in [1.29, 1.82) is 0 Å². The second-order valence-electron chi connectivity index (χ2n) is 6.99. The monoisotopic (exact) mass is 515 g/mol. The fourth-order valence-corrected chi connectivity index (χ4v) is 3.99. The number of hydrogen-bond donors (Lipinski definition) is 3. The maximum Gasteiger partial charge on any atom is 0.418 e. The topological polar surface area (TPSA) is 138 Å². The van der Waals surface area contributed by atoms with Gasteiger partial charge < -0.3 is 16.0 Å². The molecule has 34 heavy (non-hydrogen) atoms. The minimum atomic E-state index is -4.70. The van der Waals surface area contributed by atoms with E-state index in [0.717, 1.165) is 24.3 Å². The maximum absolute atomic E-state index is 13.0. The zero-order valence-electron chi connectivity index (χ0n) is 17.6. The van der Waals surface area contributed by atoms with Gasteiger partial charge in [0, 0.05) is 19.2 Å². The molecule has 3 amide bonds. The molecule has 0 saturated heterocycles. The highest BCUT2D eigenvalue weighted by Crippen LogP contribution is 2.35. The molecule has 0 saturated carbocycles. The Kier molecular flexibility index (Phi) is 7.71. The predicted octanol–water partition coefficient (Wildman–Crippen LogP) is 2.77. The van der Waals surface area contributed by atoms with Crippen LogP contribution in [0.15, 0.2) is 29.6 Å². The number of carbonyl (C=O) groups is 3. The van der Waals surface area contributed by atoms with Crippen LogP contribution in [0.3, 0.4) is 0 Å². The van der Waals surface area contributed by atoms with Gasteiger partial charge in [0.05, 0.1) is 28.2 Å². The summed E-state index contributed by atoms with van der Waals surface area (Å²) >= 11 is 6.60. The highest BCUT2D eigenvalue weighted by atomic mass is 35.5. The van der Waals surface area contributed by atoms with Crippen LogP contribution in [0.1, 0.15) is 29.9 Å². The fraction of sp³-hybridized carbons (Fsp3) is 0.316. The van der Waals surface area contributed by atoms with Crippen molar-refractivity contribution in [2.24, 2.45) is 4.99 Å². The lowest BCUT2D eigenvalue weighted by molar-refractivity contribution is -0.137. The SMILES string of the molecule is CC(=O)Nc1cc(C(=O)NC(C)C2=NCC(C(=O)Nc3cc(C(F)(F)F)c(Cl)cn3)S2)ncn1. The molecule has 10 nitrogen and oxygen atoms in total. The van der Waals surface area contributed by atoms with Gasteiger partial charge in [-0.3, -0.25) is 19.4 Å². The van der Waals surface area contributed by atoms with Crippen molar-refractivity contribution in [3.8, 4) is 0 Å². The van der Waals surface area contributed by atoms with Crippen molar-refractivity contribution >= 4 is 57.8 Å². The number of nitrogens with zero attached hydrogens (tertiary/aromatic N) is 4. The lowest BCUT2D eigenvalue weighted by Crippen LogP contribution is -2.38. The summed E-state index contributed by atoms with van der Waals surface area (Å²) < 4.78 is 39.0. The van der Waals surface area contributed by atoms with Crippen LogP contribution in [0.25, 0.3) is 0 Å². The lowest BCUT2D eigenvalue weighted by atomic mass is 10.2. The van der Waals surface area contributed by atoms with E-state index in [1.54, 1.807) is 6.92 Å². The number of aromatic nitrogens is 3. The predicted molar refractivity (Wildman–Crippen MR) is 120 cm³/mol. The summed E-state index contributed by atoms with van der Waals surface area (Å²) in [6, 6.07) is 1.37. The summed E-state index contributed by atoms with van der Waals surface area (Å²) in [7, 11) is 0. The van der Waals surface area contributed by atoms with Crippen LogP contribution < -0.4 is 16.0 Å². The van der Waals surface area contributed by atoms with Crippen LogP contribution in [-0.2, 0) is 15.8 Å². The Hall–Kier alpha value is -3.26. The normalized spacial score (nSPS) is 16.4. The highest BCUT2D eigenvalue weighted by Gasteiger charge is 2.35. The molecule has 15 heteroatoms. The molecule has 0 fully saturated rings. The van der Waals surface area contributed by atoms with Gasteiger partial charge in [-0.15, -0.1) is 0 Å². The van der Waals surface area contributed by atoms with Crippen molar-refractivity contribution in [3.63, 3.8) is 0 Å². The Labute approximate surface area is 200 Å². The smallest absolute Gasteiger partial charge is 0.342 e. The largest absolute Gasteiger partial charge is 0.418 e. The number of aliphatic imine (C=N–C) groups is 1. The van der Waals surface area contributed by atoms with E-state index in [1.807, 2.05) is 0 Å². The second kappa shape index (κ2) is 10.3. The maximum atomic E-state index is 13.0. The van der Waals surface area contributed by atoms with Crippen LogP contribution in [0.5, 0.6) is 0 Å². The number of carbonyl (C=O) groups excluding carboxylic acids is 3. The van der Waals surface area contributed by atoms with Gasteiger partial charge in [-0.1, -0.05) is 23.4 Å². The van der Waals surface area contributed by atoms with Crippen molar-refractivity contribution in [2.45, 2.75) is 31.3 Å². The molecule has 180 valence electrons. The molecule has 0 bridgehead atoms. The van der Waals surface area contributed by atoms with Crippen molar-refractivity contribution in [1.82, 2.24) is 20.3 Å². The second-order valence-corrected chi connectivity index (χ2v) is 8.62. The number of alkyl halides is 3. The van der Waals surface area contributed by atoms with E-state index < -0.39 is 39.9 Å². The van der Waals surface area contributed by atoms with Gasteiger partial charge in [0.1, 0.15) is 28.9 Å². The number of halogens is 4. The van der Waals surface area contributed by atoms with E-state index in [0.29, 0.717) is 11.1 Å². The van der Waals surface area contributed by atoms with Crippen LogP contribution in [0.2, 0.25) is 5.02 Å². The van der Waals surface area contributed by atoms with Crippen LogP contribution in [-0.4, -0.2) is 55.6 Å². The third-order valence-electron chi connectivity index (χ3n) is 4.30. The Balaban J connectivity index is 1.58. The van der Waals surface area contributed by atoms with Gasteiger partial charge in [-0.05, 0) is 13.0 Å². The molecular weight excluding hydrogens is 499 g/mol. The lowest BCUT2D eigenvalue weighted by Gasteiger charge is -2.15. The van der Waals surface area contributed by atoms with Crippen molar-refractivity contribution < 1.29 is 27.6 Å². The van der Waals surface area contributed by atoms with E-state index in [1.165, 1.54) is 13.0 Å². The zero-order valence-corrected chi connectivity index (χ0v) is 19.2. The minimum absolute atomic E-state index is 0.0118. The van der Waals surface area contributed by atoms with Gasteiger partial charge in [0.15, 0.2) is 0 Å². The summed E-state index contributed by atoms with van der Waals surface area (Å²) in [5.74, 6) is -1.64. The molecular formula is C19H17ClF3N7O3S. The van der Waals surface area contributed by atoms with Crippen LogP contribution in [0, 0.1) is 0 Å². The third kappa shape index (κ3) is 6.41. The summed E-state index contributed by atoms with van der Waals surface area (Å²) in [6.45, 7) is 3.01. The third-order valence-corrected chi connectivity index (χ3v) is 5.98. The van der Waals surface area contributed by atoms with Gasteiger partial charge in [-0.25, -0.2) is 15.0 Å². The van der Waals surface area contributed by atoms with Crippen LogP contribution >= 0.6 is 23.4 Å². The summed E-state index contributed by atoms with van der Waals surface area (Å²) in [5.41, 5.74) is -1.10. The first kappa shape index (κ1) is 25.4. The molecule has 2 aromatic heterocycles. The molecule has 3 rings (SSSR count). The van der Waals surface area contributed by atoms with Crippen LogP contribution in [0.4, 0.5) is 24.8 Å². The van der Waals surface area contributed by atoms with Gasteiger partial charge in [0.2, 0.25) is 11.8 Å². The van der Waals surface area contributed by atoms with E-state index in [-0.39, 0.29) is 29.8 Å². The quantitative estimate of drug-likeness (QED) is 0.537. The Bertz CT molecular complexity index is 1160. The molecule has 2 atom stereocenters. The highest BCUT2D eigenvalue weighted by molar-refractivity contribution is 8.15. The molecule has 0 aromatic carbocycles. The van der Waals surface area contributed by atoms with Gasteiger partial charge >= 0.3 is 6.18 Å². The average molecular weight is 516 g/mol. The standard InChI is InChI=1S/C19H17ClF3N7O3S/c1-8(28-16(32)12-4-15(27-7-26-12)29-9(2)31)18-25-6-13(34-18)17(33)30-14-3-10(19(21,22)23)11(20)5-24-14/h3-5,7-8,13H,6H2,1-2H3,(H,28,32)(H,24,30,33)(H,26,27,29,31). The fourth-order valence-electron chi connectivity index (χ4n) is 2.76. The van der Waals surface area contributed by atoms with E-state index in [2.05, 4.69) is 35.9 Å². The van der Waals surface area contributed by atoms with Gasteiger partial charge in [-0.2, -0.15) is 13.2 Å². The number of rotatable bonds is 6. The molecule has 0 spiro atoms. The average Bonchev–Trinajstić information content (AvgIpc) is 3.24. The first-order chi connectivity index (χ1) is 15.9. The first-order valence-corrected chi connectivity index (χ1v) is 10.8. The number of anilines is 2. The molecule has 0 radical (unpaired) electrons. The number of hydrogen-bond acceptors (Lipinski definition) is 8. The number of amides is 3. The first-order valence-electron chi connectivity index (χ1n) is 9.59. The Morgan fingerprint density at radius 3 is 2.53 bits per heavy atom. The number of thioether (sulfide) groups is 1. The summed E-state index contributed by atoms with van der Waals surface area (Å²) in [6.07, 6.45) is -2.76. The summed E-state index contributed by atoms with van der Waals surface area (Å²) in [4.78, 5) is 51.8. The van der Waals surface area contributed by atoms with Crippen molar-refractivity contribution in [3.05, 3.63) is 40.9 Å². The molecule has 0 aliphatic carbocycles. The molecule has 3 heterocycles. The Morgan fingerprint density at radius 1 is 1.15 bits per heavy atom. The zero-order chi connectivity index (χ0) is 25.0. The van der Waals surface area contributed by atoms with E-state index in [4.69, 9.17) is 11.6 Å². The number of nitrogens with one attached hydrogen (secondary N) is 3. The molecule has 2 unspecified atom stereocenters. The van der Waals surface area contributed by atoms with Crippen molar-refractivity contribution in [2.75, 3.05) is 17.2 Å². The summed E-state index contributed by atoms with van der Waals surface area (Å²) in [5, 5.41) is 6.59. The molecule has 1 aliphatic heterocycles. The minimum Gasteiger partial charge on any atom is -0.342 e. The molecule has 1 aliphatic rings.